The molecule has 1 unspecified atom stereocenters. The molecule has 1 amide bonds. The van der Waals surface area contributed by atoms with Crippen molar-refractivity contribution in [2.45, 2.75) is 18.1 Å². The van der Waals surface area contributed by atoms with Crippen molar-refractivity contribution in [1.29, 1.82) is 0 Å². The molecule has 2 rings (SSSR count). The van der Waals surface area contributed by atoms with E-state index in [1.54, 1.807) is 23.9 Å². The van der Waals surface area contributed by atoms with Gasteiger partial charge in [-0.25, -0.2) is 0 Å². The van der Waals surface area contributed by atoms with E-state index < -0.39 is 0 Å². The molecule has 5 heteroatoms. The van der Waals surface area contributed by atoms with E-state index in [-0.39, 0.29) is 11.2 Å². The largest absolute Gasteiger partial charge is 0.324 e. The van der Waals surface area contributed by atoms with E-state index in [1.807, 2.05) is 6.07 Å². The van der Waals surface area contributed by atoms with Crippen LogP contribution in [0.25, 0.3) is 0 Å². The maximum atomic E-state index is 12.0. The van der Waals surface area contributed by atoms with Crippen LogP contribution in [0, 0.1) is 11.8 Å². The molecule has 3 N–H and O–H groups in total. The minimum Gasteiger partial charge on any atom is -0.324 e. The highest BCUT2D eigenvalue weighted by molar-refractivity contribution is 8.00. The first-order valence-electron chi connectivity index (χ1n) is 6.11. The maximum Gasteiger partial charge on any atom is 0.237 e. The number of anilines is 1. The monoisotopic (exact) mass is 294 g/mol. The van der Waals surface area contributed by atoms with Crippen molar-refractivity contribution < 1.29 is 4.79 Å². The van der Waals surface area contributed by atoms with Crippen LogP contribution in [-0.4, -0.2) is 23.5 Å². The molecule has 0 radical (unpaired) electrons. The fourth-order valence-corrected chi connectivity index (χ4v) is 3.18. The number of benzene rings is 1. The predicted molar refractivity (Wildman–Crippen MR) is 81.5 cm³/mol. The fraction of sp³-hybridized carbons (Fsp3) is 0.357. The number of rotatable bonds is 2. The Morgan fingerprint density at radius 2 is 2.42 bits per heavy atom. The van der Waals surface area contributed by atoms with Crippen LogP contribution in [0.4, 0.5) is 5.69 Å². The Bertz CT molecular complexity index is 530. The van der Waals surface area contributed by atoms with Gasteiger partial charge < -0.3 is 11.1 Å². The molecular weight excluding hydrogens is 280 g/mol. The van der Waals surface area contributed by atoms with Gasteiger partial charge in [0, 0.05) is 5.56 Å². The molecule has 0 aromatic heterocycles. The quantitative estimate of drug-likeness (QED) is 0.824. The Hall–Kier alpha value is -1.15. The summed E-state index contributed by atoms with van der Waals surface area (Å²) in [6.07, 6.45) is 2.03. The second-order valence-corrected chi connectivity index (χ2v) is 5.91. The zero-order chi connectivity index (χ0) is 13.7. The van der Waals surface area contributed by atoms with Crippen LogP contribution in [0.15, 0.2) is 18.2 Å². The van der Waals surface area contributed by atoms with E-state index >= 15 is 0 Å². The second-order valence-electron chi connectivity index (χ2n) is 4.19. The summed E-state index contributed by atoms with van der Waals surface area (Å²) in [5.41, 5.74) is 6.75. The minimum absolute atomic E-state index is 0.0216. The van der Waals surface area contributed by atoms with Gasteiger partial charge in [0.15, 0.2) is 0 Å². The van der Waals surface area contributed by atoms with Gasteiger partial charge in [-0.3, -0.25) is 4.79 Å². The predicted octanol–water partition coefficient (Wildman–Crippen LogP) is 2.48. The smallest absolute Gasteiger partial charge is 0.237 e. The number of carbonyl (C=O) groups is 1. The standard InChI is InChI=1S/C14H15ClN2OS/c15-11-6-5-10(3-1-7-16)9-12(11)17-14(18)13-4-2-8-19-13/h5-6,9,13H,2,4,7-8,16H2,(H,17,18). The molecule has 1 aliphatic rings. The normalized spacial score (nSPS) is 17.7. The summed E-state index contributed by atoms with van der Waals surface area (Å²) in [4.78, 5) is 12.0. The van der Waals surface area contributed by atoms with Crippen LogP contribution >= 0.6 is 23.4 Å². The molecule has 1 atom stereocenters. The number of hydrogen-bond donors (Lipinski definition) is 2. The van der Waals surface area contributed by atoms with E-state index in [9.17, 15) is 4.79 Å². The van der Waals surface area contributed by atoms with Crippen LogP contribution in [0.2, 0.25) is 5.02 Å². The van der Waals surface area contributed by atoms with Gasteiger partial charge in [-0.15, -0.1) is 11.8 Å². The molecular formula is C14H15ClN2OS. The number of hydrogen-bond acceptors (Lipinski definition) is 3. The summed E-state index contributed by atoms with van der Waals surface area (Å²) < 4.78 is 0. The van der Waals surface area contributed by atoms with Crippen molar-refractivity contribution in [1.82, 2.24) is 0 Å². The summed E-state index contributed by atoms with van der Waals surface area (Å²) >= 11 is 7.78. The van der Waals surface area contributed by atoms with E-state index in [1.165, 1.54) is 0 Å². The number of nitrogens with two attached hydrogens (primary N) is 1. The van der Waals surface area contributed by atoms with E-state index in [2.05, 4.69) is 17.2 Å². The maximum absolute atomic E-state index is 12.0. The first kappa shape index (κ1) is 14.3. The second kappa shape index (κ2) is 6.85. The fourth-order valence-electron chi connectivity index (χ4n) is 1.85. The topological polar surface area (TPSA) is 55.1 Å². The number of halogens is 1. The van der Waals surface area contributed by atoms with Gasteiger partial charge in [0.25, 0.3) is 0 Å². The third-order valence-corrected chi connectivity index (χ3v) is 4.49. The molecule has 19 heavy (non-hydrogen) atoms. The van der Waals surface area contributed by atoms with Crippen LogP contribution < -0.4 is 11.1 Å². The average Bonchev–Trinajstić information content (AvgIpc) is 2.93. The van der Waals surface area contributed by atoms with Gasteiger partial charge in [-0.2, -0.15) is 0 Å². The third kappa shape index (κ3) is 3.90. The molecule has 0 saturated carbocycles. The third-order valence-electron chi connectivity index (χ3n) is 2.78. The Balaban J connectivity index is 2.12. The zero-order valence-corrected chi connectivity index (χ0v) is 12.0. The highest BCUT2D eigenvalue weighted by Crippen LogP contribution is 2.29. The van der Waals surface area contributed by atoms with Crippen molar-refractivity contribution >= 4 is 35.0 Å². The lowest BCUT2D eigenvalue weighted by Crippen LogP contribution is -2.23. The molecule has 0 bridgehead atoms. The summed E-state index contributed by atoms with van der Waals surface area (Å²) in [6.45, 7) is 0.309. The lowest BCUT2D eigenvalue weighted by Gasteiger charge is -2.11. The molecule has 1 aliphatic heterocycles. The molecule has 0 aliphatic carbocycles. The SMILES string of the molecule is NCC#Cc1ccc(Cl)c(NC(=O)C2CCCS2)c1. The molecule has 3 nitrogen and oxygen atoms in total. The van der Waals surface area contributed by atoms with Gasteiger partial charge in [-0.05, 0) is 36.8 Å². The van der Waals surface area contributed by atoms with Gasteiger partial charge in [0.1, 0.15) is 0 Å². The first-order chi connectivity index (χ1) is 9.20. The lowest BCUT2D eigenvalue weighted by molar-refractivity contribution is -0.115. The van der Waals surface area contributed by atoms with Crippen LogP contribution in [0.1, 0.15) is 18.4 Å². The number of carbonyl (C=O) groups excluding carboxylic acids is 1. The van der Waals surface area contributed by atoms with Crippen LogP contribution in [0.5, 0.6) is 0 Å². The van der Waals surface area contributed by atoms with Crippen LogP contribution in [0.3, 0.4) is 0 Å². The first-order valence-corrected chi connectivity index (χ1v) is 7.54. The molecule has 1 aromatic carbocycles. The molecule has 1 saturated heterocycles. The van der Waals surface area contributed by atoms with Gasteiger partial charge in [-0.1, -0.05) is 23.4 Å². The molecule has 1 fully saturated rings. The number of thioether (sulfide) groups is 1. The molecule has 100 valence electrons. The van der Waals surface area contributed by atoms with E-state index in [0.29, 0.717) is 17.3 Å². The highest BCUT2D eigenvalue weighted by atomic mass is 35.5. The Kier molecular flexibility index (Phi) is 5.15. The summed E-state index contributed by atoms with van der Waals surface area (Å²) in [6, 6.07) is 5.33. The molecule has 1 aromatic rings. The summed E-state index contributed by atoms with van der Waals surface area (Å²) in [5, 5.41) is 3.44. The van der Waals surface area contributed by atoms with E-state index in [0.717, 1.165) is 24.2 Å². The van der Waals surface area contributed by atoms with Crippen molar-refractivity contribution in [3.8, 4) is 11.8 Å². The van der Waals surface area contributed by atoms with Gasteiger partial charge >= 0.3 is 0 Å². The number of amides is 1. The minimum atomic E-state index is 0.0216. The molecule has 0 spiro atoms. The zero-order valence-electron chi connectivity index (χ0n) is 10.4. The molecule has 1 heterocycles. The Labute approximate surface area is 122 Å². The average molecular weight is 295 g/mol. The highest BCUT2D eigenvalue weighted by Gasteiger charge is 2.23. The van der Waals surface area contributed by atoms with Crippen molar-refractivity contribution in [2.75, 3.05) is 17.6 Å². The summed E-state index contributed by atoms with van der Waals surface area (Å²) in [5.74, 6) is 6.77. The Morgan fingerprint density at radius 1 is 1.58 bits per heavy atom. The Morgan fingerprint density at radius 3 is 3.11 bits per heavy atom. The van der Waals surface area contributed by atoms with Crippen molar-refractivity contribution in [2.24, 2.45) is 5.73 Å². The van der Waals surface area contributed by atoms with Crippen molar-refractivity contribution in [3.05, 3.63) is 28.8 Å². The van der Waals surface area contributed by atoms with Crippen LogP contribution in [-0.2, 0) is 4.79 Å². The summed E-state index contributed by atoms with van der Waals surface area (Å²) in [7, 11) is 0. The number of nitrogens with one attached hydrogen (secondary N) is 1. The van der Waals surface area contributed by atoms with E-state index in [4.69, 9.17) is 17.3 Å². The van der Waals surface area contributed by atoms with Gasteiger partial charge in [0.05, 0.1) is 22.5 Å². The lowest BCUT2D eigenvalue weighted by atomic mass is 10.2. The van der Waals surface area contributed by atoms with Gasteiger partial charge in [0.2, 0.25) is 5.91 Å². The van der Waals surface area contributed by atoms with Crippen molar-refractivity contribution in [3.63, 3.8) is 0 Å².